The number of hydrogen-bond donors (Lipinski definition) is 1. The number of thiazole rings is 1. The van der Waals surface area contributed by atoms with Crippen LogP contribution < -0.4 is 10.2 Å². The van der Waals surface area contributed by atoms with E-state index in [0.29, 0.717) is 41.6 Å². The number of ether oxygens (including phenoxy) is 1. The maximum absolute atomic E-state index is 14.8. The molecular weight excluding hydrogens is 405 g/mol. The van der Waals surface area contributed by atoms with Gasteiger partial charge in [-0.1, -0.05) is 0 Å². The summed E-state index contributed by atoms with van der Waals surface area (Å²) in [5.41, 5.74) is 3.32. The van der Waals surface area contributed by atoms with Gasteiger partial charge in [0.05, 0.1) is 17.1 Å². The van der Waals surface area contributed by atoms with Crippen LogP contribution in [0.3, 0.4) is 0 Å². The van der Waals surface area contributed by atoms with Gasteiger partial charge in [0.2, 0.25) is 5.91 Å². The Morgan fingerprint density at radius 1 is 1.37 bits per heavy atom. The van der Waals surface area contributed by atoms with Gasteiger partial charge in [0.25, 0.3) is 0 Å². The van der Waals surface area contributed by atoms with Crippen molar-refractivity contribution in [3.63, 3.8) is 0 Å². The van der Waals surface area contributed by atoms with Gasteiger partial charge in [-0.2, -0.15) is 5.10 Å². The fourth-order valence-electron chi connectivity index (χ4n) is 3.50. The normalized spacial score (nSPS) is 14.0. The molecule has 1 aromatic carbocycles. The number of halogens is 1. The largest absolute Gasteiger partial charge is 0.385 e. The van der Waals surface area contributed by atoms with Crippen molar-refractivity contribution in [1.29, 1.82) is 0 Å². The van der Waals surface area contributed by atoms with Crippen LogP contribution in [0.15, 0.2) is 29.8 Å². The Hall–Kier alpha value is -2.78. The quantitative estimate of drug-likeness (QED) is 0.539. The number of methoxy groups -OCH3 is 1. The standard InChI is InChI=1S/C21H24FN5O2S/c1-14-18(12-26(25-14)8-4-10-29-2)23-21-24-19(13-30-21)16-7-6-15(11-17(16)22)27-9-3-5-20(27)28/h6-7,11-13H,3-5,8-10H2,1-2H3,(H,23,24). The highest BCUT2D eigenvalue weighted by atomic mass is 32.1. The highest BCUT2D eigenvalue weighted by molar-refractivity contribution is 7.14. The molecule has 1 aliphatic heterocycles. The molecule has 0 bridgehead atoms. The van der Waals surface area contributed by atoms with Crippen molar-refractivity contribution in [3.8, 4) is 11.3 Å². The monoisotopic (exact) mass is 429 g/mol. The van der Waals surface area contributed by atoms with Gasteiger partial charge in [0.15, 0.2) is 5.13 Å². The van der Waals surface area contributed by atoms with Crippen LogP contribution in [0.5, 0.6) is 0 Å². The topological polar surface area (TPSA) is 72.3 Å². The highest BCUT2D eigenvalue weighted by Crippen LogP contribution is 2.32. The lowest BCUT2D eigenvalue weighted by atomic mass is 10.1. The van der Waals surface area contributed by atoms with E-state index in [1.165, 1.54) is 17.4 Å². The predicted molar refractivity (Wildman–Crippen MR) is 116 cm³/mol. The Balaban J connectivity index is 1.47. The summed E-state index contributed by atoms with van der Waals surface area (Å²) < 4.78 is 21.7. The van der Waals surface area contributed by atoms with Gasteiger partial charge in [-0.15, -0.1) is 11.3 Å². The highest BCUT2D eigenvalue weighted by Gasteiger charge is 2.23. The molecule has 0 aliphatic carbocycles. The molecule has 0 saturated carbocycles. The number of aromatic nitrogens is 3. The summed E-state index contributed by atoms with van der Waals surface area (Å²) in [6.07, 6.45) is 4.16. The summed E-state index contributed by atoms with van der Waals surface area (Å²) >= 11 is 1.41. The van der Waals surface area contributed by atoms with Crippen LogP contribution in [0.2, 0.25) is 0 Å². The number of nitrogens with zero attached hydrogens (tertiary/aromatic N) is 4. The van der Waals surface area contributed by atoms with Crippen LogP contribution in [-0.2, 0) is 16.1 Å². The zero-order valence-electron chi connectivity index (χ0n) is 17.0. The van der Waals surface area contributed by atoms with Crippen LogP contribution in [-0.4, -0.2) is 40.9 Å². The summed E-state index contributed by atoms with van der Waals surface area (Å²) in [5.74, 6) is -0.341. The minimum atomic E-state index is -0.383. The van der Waals surface area contributed by atoms with E-state index in [2.05, 4.69) is 15.4 Å². The third-order valence-corrected chi connectivity index (χ3v) is 5.80. The summed E-state index contributed by atoms with van der Waals surface area (Å²) in [5, 5.41) is 10.3. The van der Waals surface area contributed by atoms with Gasteiger partial charge in [0.1, 0.15) is 5.82 Å². The van der Waals surface area contributed by atoms with Crippen LogP contribution in [0.1, 0.15) is 25.0 Å². The molecule has 0 unspecified atom stereocenters. The Morgan fingerprint density at radius 2 is 2.23 bits per heavy atom. The van der Waals surface area contributed by atoms with Crippen molar-refractivity contribution < 1.29 is 13.9 Å². The Bertz CT molecular complexity index is 1050. The average Bonchev–Trinajstić information content (AvgIpc) is 3.44. The Kier molecular flexibility index (Phi) is 6.10. The molecule has 3 aromatic rings. The Morgan fingerprint density at radius 3 is 2.97 bits per heavy atom. The molecule has 1 aliphatic rings. The van der Waals surface area contributed by atoms with Gasteiger partial charge < -0.3 is 15.0 Å². The van der Waals surface area contributed by atoms with Gasteiger partial charge in [0, 0.05) is 56.1 Å². The molecule has 158 valence electrons. The molecule has 7 nitrogen and oxygen atoms in total. The molecule has 0 radical (unpaired) electrons. The number of carbonyl (C=O) groups is 1. The number of amides is 1. The van der Waals surface area contributed by atoms with E-state index in [1.54, 1.807) is 24.1 Å². The number of nitrogens with one attached hydrogen (secondary N) is 1. The molecule has 3 heterocycles. The first-order chi connectivity index (χ1) is 14.5. The third kappa shape index (κ3) is 4.36. The van der Waals surface area contributed by atoms with E-state index in [-0.39, 0.29) is 11.7 Å². The molecular formula is C21H24FN5O2S. The van der Waals surface area contributed by atoms with E-state index in [9.17, 15) is 9.18 Å². The van der Waals surface area contributed by atoms with Crippen LogP contribution in [0.4, 0.5) is 20.9 Å². The fourth-order valence-corrected chi connectivity index (χ4v) is 4.22. The van der Waals surface area contributed by atoms with E-state index < -0.39 is 0 Å². The summed E-state index contributed by atoms with van der Waals surface area (Å²) in [6, 6.07) is 4.88. The second kappa shape index (κ2) is 8.93. The third-order valence-electron chi connectivity index (χ3n) is 5.04. The van der Waals surface area contributed by atoms with Crippen molar-refractivity contribution in [2.45, 2.75) is 32.7 Å². The minimum absolute atomic E-state index is 0.0421. The number of anilines is 3. The summed E-state index contributed by atoms with van der Waals surface area (Å²) in [6.45, 7) is 4.03. The molecule has 1 amide bonds. The Labute approximate surface area is 178 Å². The minimum Gasteiger partial charge on any atom is -0.385 e. The molecule has 0 spiro atoms. The van der Waals surface area contributed by atoms with Crippen LogP contribution in [0.25, 0.3) is 11.3 Å². The molecule has 1 saturated heterocycles. The van der Waals surface area contributed by atoms with Crippen LogP contribution >= 0.6 is 11.3 Å². The fraction of sp³-hybridized carbons (Fsp3) is 0.381. The predicted octanol–water partition coefficient (Wildman–Crippen LogP) is 4.36. The average molecular weight is 430 g/mol. The van der Waals surface area contributed by atoms with Crippen molar-refractivity contribution >= 4 is 33.8 Å². The van der Waals surface area contributed by atoms with Crippen LogP contribution in [0, 0.1) is 12.7 Å². The molecule has 2 aromatic heterocycles. The van der Waals surface area contributed by atoms with E-state index >= 15 is 0 Å². The summed E-state index contributed by atoms with van der Waals surface area (Å²) in [7, 11) is 1.68. The molecule has 1 N–H and O–H groups in total. The zero-order valence-corrected chi connectivity index (χ0v) is 17.8. The van der Waals surface area contributed by atoms with E-state index in [4.69, 9.17) is 4.74 Å². The zero-order chi connectivity index (χ0) is 21.1. The molecule has 0 atom stereocenters. The lowest BCUT2D eigenvalue weighted by Crippen LogP contribution is -2.23. The maximum Gasteiger partial charge on any atom is 0.227 e. The lowest BCUT2D eigenvalue weighted by Gasteiger charge is -2.16. The van der Waals surface area contributed by atoms with Gasteiger partial charge in [-0.25, -0.2) is 9.37 Å². The van der Waals surface area contributed by atoms with E-state index in [0.717, 1.165) is 30.8 Å². The SMILES string of the molecule is COCCCn1cc(Nc2nc(-c3ccc(N4CCCC4=O)cc3F)cs2)c(C)n1. The lowest BCUT2D eigenvalue weighted by molar-refractivity contribution is -0.117. The number of aryl methyl sites for hydroxylation is 2. The van der Waals surface area contributed by atoms with Crippen molar-refractivity contribution in [2.75, 3.05) is 30.5 Å². The molecule has 9 heteroatoms. The molecule has 4 rings (SSSR count). The van der Waals surface area contributed by atoms with Crippen molar-refractivity contribution in [1.82, 2.24) is 14.8 Å². The first-order valence-electron chi connectivity index (χ1n) is 9.91. The molecule has 1 fully saturated rings. The number of hydrogen-bond acceptors (Lipinski definition) is 6. The number of carbonyl (C=O) groups excluding carboxylic acids is 1. The van der Waals surface area contributed by atoms with Crippen molar-refractivity contribution in [2.24, 2.45) is 0 Å². The number of rotatable bonds is 8. The van der Waals surface area contributed by atoms with Crippen molar-refractivity contribution in [3.05, 3.63) is 41.3 Å². The van der Waals surface area contributed by atoms with Gasteiger partial charge >= 0.3 is 0 Å². The first-order valence-corrected chi connectivity index (χ1v) is 10.8. The first kappa shape index (κ1) is 20.5. The second-order valence-corrected chi connectivity index (χ2v) is 8.07. The second-order valence-electron chi connectivity index (χ2n) is 7.21. The maximum atomic E-state index is 14.8. The van der Waals surface area contributed by atoms with Gasteiger partial charge in [-0.3, -0.25) is 9.48 Å². The number of benzene rings is 1. The molecule has 30 heavy (non-hydrogen) atoms. The smallest absolute Gasteiger partial charge is 0.227 e. The summed E-state index contributed by atoms with van der Waals surface area (Å²) in [4.78, 5) is 18.1. The van der Waals surface area contributed by atoms with Gasteiger partial charge in [-0.05, 0) is 38.0 Å². The van der Waals surface area contributed by atoms with E-state index in [1.807, 2.05) is 23.2 Å².